The third kappa shape index (κ3) is 7.43. The van der Waals surface area contributed by atoms with E-state index in [4.69, 9.17) is 0 Å². The van der Waals surface area contributed by atoms with E-state index in [0.29, 0.717) is 6.42 Å². The highest BCUT2D eigenvalue weighted by atomic mass is 16.1. The molecule has 1 aromatic rings. The van der Waals surface area contributed by atoms with Crippen LogP contribution in [0, 0.1) is 0 Å². The molecule has 0 saturated carbocycles. The summed E-state index contributed by atoms with van der Waals surface area (Å²) in [5.74, 6) is 0.181. The number of benzene rings is 1. The predicted molar refractivity (Wildman–Crippen MR) is 99.0 cm³/mol. The lowest BCUT2D eigenvalue weighted by Gasteiger charge is -2.34. The van der Waals surface area contributed by atoms with Crippen molar-refractivity contribution in [2.75, 3.05) is 59.9 Å². The van der Waals surface area contributed by atoms with Gasteiger partial charge in [0.25, 0.3) is 0 Å². The van der Waals surface area contributed by atoms with Crippen molar-refractivity contribution in [2.45, 2.75) is 19.4 Å². The topological polar surface area (TPSA) is 38.8 Å². The summed E-state index contributed by atoms with van der Waals surface area (Å²) in [7, 11) is 4.11. The zero-order valence-corrected chi connectivity index (χ0v) is 15.2. The van der Waals surface area contributed by atoms with Gasteiger partial charge in [-0.25, -0.2) is 0 Å². The number of hydrogen-bond donors (Lipinski definition) is 1. The van der Waals surface area contributed by atoms with E-state index >= 15 is 0 Å². The van der Waals surface area contributed by atoms with Crippen LogP contribution in [-0.4, -0.2) is 80.5 Å². The Morgan fingerprint density at radius 3 is 2.42 bits per heavy atom. The molecule has 2 rings (SSSR count). The molecule has 1 N–H and O–H groups in total. The molecule has 0 spiro atoms. The Hall–Kier alpha value is -1.43. The lowest BCUT2D eigenvalue weighted by molar-refractivity contribution is -0.121. The van der Waals surface area contributed by atoms with Crippen molar-refractivity contribution < 1.29 is 4.79 Å². The number of rotatable bonds is 9. The normalized spacial score (nSPS) is 16.5. The molecular formula is C19H32N4O. The average Bonchev–Trinajstić information content (AvgIpc) is 2.59. The molecular weight excluding hydrogens is 300 g/mol. The first-order chi connectivity index (χ1) is 11.6. The Balaban J connectivity index is 1.55. The van der Waals surface area contributed by atoms with Gasteiger partial charge in [-0.15, -0.1) is 0 Å². The maximum absolute atomic E-state index is 11.9. The molecule has 5 nitrogen and oxygen atoms in total. The van der Waals surface area contributed by atoms with Crippen LogP contribution < -0.4 is 5.32 Å². The Morgan fingerprint density at radius 2 is 1.75 bits per heavy atom. The van der Waals surface area contributed by atoms with E-state index in [1.54, 1.807) is 0 Å². The molecule has 134 valence electrons. The van der Waals surface area contributed by atoms with Crippen LogP contribution >= 0.6 is 0 Å². The van der Waals surface area contributed by atoms with Gasteiger partial charge in [0.2, 0.25) is 5.91 Å². The van der Waals surface area contributed by atoms with Crippen LogP contribution in [0.3, 0.4) is 0 Å². The minimum Gasteiger partial charge on any atom is -0.356 e. The van der Waals surface area contributed by atoms with E-state index in [1.165, 1.54) is 5.56 Å². The van der Waals surface area contributed by atoms with Crippen molar-refractivity contribution in [3.05, 3.63) is 35.9 Å². The molecule has 0 radical (unpaired) electrons. The van der Waals surface area contributed by atoms with Crippen LogP contribution in [0.4, 0.5) is 0 Å². The lowest BCUT2D eigenvalue weighted by atomic mass is 10.2. The molecule has 1 aliphatic heterocycles. The highest BCUT2D eigenvalue weighted by Crippen LogP contribution is 2.08. The standard InChI is InChI=1S/C19H32N4O/c1-21(2)11-6-10-20-19(24)9-12-22-13-15-23(16-14-22)17-18-7-4-3-5-8-18/h3-5,7-8H,6,9-17H2,1-2H3,(H,20,24). The predicted octanol–water partition coefficient (Wildman–Crippen LogP) is 1.26. The molecule has 1 heterocycles. The molecule has 0 bridgehead atoms. The van der Waals surface area contributed by atoms with Gasteiger partial charge in [-0.3, -0.25) is 9.69 Å². The van der Waals surface area contributed by atoms with Crippen LogP contribution in [0.15, 0.2) is 30.3 Å². The number of nitrogens with one attached hydrogen (secondary N) is 1. The Labute approximate surface area is 146 Å². The SMILES string of the molecule is CN(C)CCCNC(=O)CCN1CCN(Cc2ccccc2)CC1. The molecule has 5 heteroatoms. The second-order valence-corrected chi connectivity index (χ2v) is 6.86. The number of carbonyl (C=O) groups is 1. The highest BCUT2D eigenvalue weighted by molar-refractivity contribution is 5.76. The highest BCUT2D eigenvalue weighted by Gasteiger charge is 2.17. The van der Waals surface area contributed by atoms with Gasteiger partial charge in [0.05, 0.1) is 0 Å². The Kier molecular flexibility index (Phi) is 8.22. The van der Waals surface area contributed by atoms with Gasteiger partial charge in [-0.1, -0.05) is 30.3 Å². The van der Waals surface area contributed by atoms with Crippen LogP contribution in [0.5, 0.6) is 0 Å². The second-order valence-electron chi connectivity index (χ2n) is 6.86. The van der Waals surface area contributed by atoms with Gasteiger partial charge in [-0.2, -0.15) is 0 Å². The Bertz CT molecular complexity index is 470. The third-order valence-corrected chi connectivity index (χ3v) is 4.47. The molecule has 24 heavy (non-hydrogen) atoms. The van der Waals surface area contributed by atoms with E-state index in [9.17, 15) is 4.79 Å². The summed E-state index contributed by atoms with van der Waals surface area (Å²) in [6.07, 6.45) is 1.62. The maximum atomic E-state index is 11.9. The number of hydrogen-bond acceptors (Lipinski definition) is 4. The zero-order valence-electron chi connectivity index (χ0n) is 15.2. The van der Waals surface area contributed by atoms with Gasteiger partial charge >= 0.3 is 0 Å². The summed E-state index contributed by atoms with van der Waals surface area (Å²) in [6.45, 7) is 7.98. The van der Waals surface area contributed by atoms with E-state index in [0.717, 1.165) is 58.8 Å². The number of nitrogens with zero attached hydrogens (tertiary/aromatic N) is 3. The quantitative estimate of drug-likeness (QED) is 0.691. The molecule has 0 aliphatic carbocycles. The smallest absolute Gasteiger partial charge is 0.221 e. The molecule has 0 unspecified atom stereocenters. The van der Waals surface area contributed by atoms with Gasteiger partial charge in [0.15, 0.2) is 0 Å². The molecule has 1 fully saturated rings. The van der Waals surface area contributed by atoms with Crippen LogP contribution in [-0.2, 0) is 11.3 Å². The van der Waals surface area contributed by atoms with Crippen molar-refractivity contribution in [3.63, 3.8) is 0 Å². The molecule has 1 amide bonds. The zero-order chi connectivity index (χ0) is 17.2. The number of carbonyl (C=O) groups excluding carboxylic acids is 1. The van der Waals surface area contributed by atoms with Crippen LogP contribution in [0.25, 0.3) is 0 Å². The minimum atomic E-state index is 0.181. The van der Waals surface area contributed by atoms with E-state index in [-0.39, 0.29) is 5.91 Å². The van der Waals surface area contributed by atoms with E-state index < -0.39 is 0 Å². The summed E-state index contributed by atoms with van der Waals surface area (Å²) in [5, 5.41) is 3.02. The van der Waals surface area contributed by atoms with Crippen LogP contribution in [0.2, 0.25) is 0 Å². The number of amides is 1. The van der Waals surface area contributed by atoms with Crippen molar-refractivity contribution in [3.8, 4) is 0 Å². The first-order valence-corrected chi connectivity index (χ1v) is 9.03. The molecule has 1 saturated heterocycles. The first kappa shape index (κ1) is 18.9. The summed E-state index contributed by atoms with van der Waals surface area (Å²) < 4.78 is 0. The fraction of sp³-hybridized carbons (Fsp3) is 0.632. The van der Waals surface area contributed by atoms with Gasteiger partial charge in [0, 0.05) is 52.2 Å². The summed E-state index contributed by atoms with van der Waals surface area (Å²) in [6, 6.07) is 10.6. The molecule has 0 aromatic heterocycles. The average molecular weight is 332 g/mol. The lowest BCUT2D eigenvalue weighted by Crippen LogP contribution is -2.46. The fourth-order valence-electron chi connectivity index (χ4n) is 2.98. The largest absolute Gasteiger partial charge is 0.356 e. The van der Waals surface area contributed by atoms with E-state index in [1.807, 2.05) is 0 Å². The maximum Gasteiger partial charge on any atom is 0.221 e. The summed E-state index contributed by atoms with van der Waals surface area (Å²) >= 11 is 0. The second kappa shape index (κ2) is 10.4. The molecule has 1 aliphatic rings. The van der Waals surface area contributed by atoms with Gasteiger partial charge in [0.1, 0.15) is 0 Å². The van der Waals surface area contributed by atoms with Gasteiger partial charge in [-0.05, 0) is 32.6 Å². The van der Waals surface area contributed by atoms with Crippen molar-refractivity contribution in [1.29, 1.82) is 0 Å². The molecule has 1 aromatic carbocycles. The van der Waals surface area contributed by atoms with Crippen molar-refractivity contribution in [2.24, 2.45) is 0 Å². The third-order valence-electron chi connectivity index (χ3n) is 4.47. The minimum absolute atomic E-state index is 0.181. The first-order valence-electron chi connectivity index (χ1n) is 9.03. The van der Waals surface area contributed by atoms with E-state index in [2.05, 4.69) is 64.4 Å². The molecule has 0 atom stereocenters. The fourth-order valence-corrected chi connectivity index (χ4v) is 2.98. The summed E-state index contributed by atoms with van der Waals surface area (Å²) in [4.78, 5) is 18.9. The Morgan fingerprint density at radius 1 is 1.08 bits per heavy atom. The van der Waals surface area contributed by atoms with Crippen LogP contribution in [0.1, 0.15) is 18.4 Å². The summed E-state index contributed by atoms with van der Waals surface area (Å²) in [5.41, 5.74) is 1.38. The van der Waals surface area contributed by atoms with Crippen molar-refractivity contribution in [1.82, 2.24) is 20.0 Å². The number of piperazine rings is 1. The van der Waals surface area contributed by atoms with Gasteiger partial charge < -0.3 is 15.1 Å². The van der Waals surface area contributed by atoms with Crippen molar-refractivity contribution >= 4 is 5.91 Å². The monoisotopic (exact) mass is 332 g/mol.